The lowest BCUT2D eigenvalue weighted by molar-refractivity contribution is -0.123. The SMILES string of the molecule is CCOc1ccc(/C=N/NC(=O)COc2ccc(Br)c(C)c2)cc1OC. The van der Waals surface area contributed by atoms with Crippen LogP contribution in [0.4, 0.5) is 0 Å². The smallest absolute Gasteiger partial charge is 0.277 e. The minimum Gasteiger partial charge on any atom is -0.493 e. The van der Waals surface area contributed by atoms with Crippen molar-refractivity contribution in [2.75, 3.05) is 20.3 Å². The van der Waals surface area contributed by atoms with Gasteiger partial charge in [0, 0.05) is 4.47 Å². The number of hydrogen-bond acceptors (Lipinski definition) is 5. The van der Waals surface area contributed by atoms with E-state index in [1.54, 1.807) is 25.3 Å². The molecule has 0 fully saturated rings. The number of hydrogen-bond donors (Lipinski definition) is 1. The van der Waals surface area contributed by atoms with Gasteiger partial charge >= 0.3 is 0 Å². The monoisotopic (exact) mass is 420 g/mol. The van der Waals surface area contributed by atoms with Crippen molar-refractivity contribution in [3.63, 3.8) is 0 Å². The number of methoxy groups -OCH3 is 1. The molecule has 2 aromatic carbocycles. The van der Waals surface area contributed by atoms with Gasteiger partial charge in [0.2, 0.25) is 0 Å². The highest BCUT2D eigenvalue weighted by atomic mass is 79.9. The molecule has 0 saturated carbocycles. The maximum Gasteiger partial charge on any atom is 0.277 e. The van der Waals surface area contributed by atoms with E-state index in [0.29, 0.717) is 23.9 Å². The zero-order valence-electron chi connectivity index (χ0n) is 14.9. The highest BCUT2D eigenvalue weighted by molar-refractivity contribution is 9.10. The molecule has 0 atom stereocenters. The van der Waals surface area contributed by atoms with Crippen LogP contribution in [0, 0.1) is 6.92 Å². The average Bonchev–Trinajstić information content (AvgIpc) is 2.64. The predicted molar refractivity (Wildman–Crippen MR) is 104 cm³/mol. The third-order valence-corrected chi connectivity index (χ3v) is 4.28. The molecule has 0 radical (unpaired) electrons. The number of amides is 1. The molecule has 0 aliphatic rings. The summed E-state index contributed by atoms with van der Waals surface area (Å²) in [5.41, 5.74) is 4.23. The Hall–Kier alpha value is -2.54. The molecule has 138 valence electrons. The highest BCUT2D eigenvalue weighted by Gasteiger charge is 2.05. The minimum atomic E-state index is -0.347. The summed E-state index contributed by atoms with van der Waals surface area (Å²) in [6, 6.07) is 10.9. The van der Waals surface area contributed by atoms with Gasteiger partial charge < -0.3 is 14.2 Å². The Labute approximate surface area is 161 Å². The first-order valence-corrected chi connectivity index (χ1v) is 8.84. The number of carbonyl (C=O) groups excluding carboxylic acids is 1. The van der Waals surface area contributed by atoms with Gasteiger partial charge in [-0.1, -0.05) is 15.9 Å². The van der Waals surface area contributed by atoms with Crippen LogP contribution >= 0.6 is 15.9 Å². The molecule has 0 aromatic heterocycles. The Morgan fingerprint density at radius 2 is 2.00 bits per heavy atom. The van der Waals surface area contributed by atoms with Crippen LogP contribution in [0.3, 0.4) is 0 Å². The maximum atomic E-state index is 11.8. The summed E-state index contributed by atoms with van der Waals surface area (Å²) in [5.74, 6) is 1.55. The number of aryl methyl sites for hydroxylation is 1. The zero-order chi connectivity index (χ0) is 18.9. The van der Waals surface area contributed by atoms with Crippen LogP contribution in [0.5, 0.6) is 17.2 Å². The lowest BCUT2D eigenvalue weighted by atomic mass is 10.2. The lowest BCUT2D eigenvalue weighted by Gasteiger charge is -2.09. The van der Waals surface area contributed by atoms with E-state index in [1.165, 1.54) is 6.21 Å². The van der Waals surface area contributed by atoms with E-state index in [9.17, 15) is 4.79 Å². The van der Waals surface area contributed by atoms with Gasteiger partial charge in [0.1, 0.15) is 5.75 Å². The van der Waals surface area contributed by atoms with Crippen molar-refractivity contribution in [3.8, 4) is 17.2 Å². The topological polar surface area (TPSA) is 69.2 Å². The molecular weight excluding hydrogens is 400 g/mol. The number of halogens is 1. The number of ether oxygens (including phenoxy) is 3. The van der Waals surface area contributed by atoms with Gasteiger partial charge in [-0.15, -0.1) is 0 Å². The largest absolute Gasteiger partial charge is 0.493 e. The normalized spacial score (nSPS) is 10.6. The number of carbonyl (C=O) groups is 1. The third kappa shape index (κ3) is 5.77. The second-order valence-electron chi connectivity index (χ2n) is 5.34. The highest BCUT2D eigenvalue weighted by Crippen LogP contribution is 2.27. The lowest BCUT2D eigenvalue weighted by Crippen LogP contribution is -2.24. The third-order valence-electron chi connectivity index (χ3n) is 3.39. The molecule has 1 N–H and O–H groups in total. The number of hydrazone groups is 1. The summed E-state index contributed by atoms with van der Waals surface area (Å²) in [4.78, 5) is 11.8. The molecule has 0 spiro atoms. The fourth-order valence-corrected chi connectivity index (χ4v) is 2.35. The van der Waals surface area contributed by atoms with E-state index >= 15 is 0 Å². The molecular formula is C19H21BrN2O4. The second-order valence-corrected chi connectivity index (χ2v) is 6.19. The standard InChI is InChI=1S/C19H21BrN2O4/c1-4-25-17-8-5-14(10-18(17)24-3)11-21-22-19(23)12-26-15-6-7-16(20)13(2)9-15/h5-11H,4,12H2,1-3H3,(H,22,23)/b21-11+. The van der Waals surface area contributed by atoms with Crippen LogP contribution in [0.25, 0.3) is 0 Å². The number of benzene rings is 2. The van der Waals surface area contributed by atoms with E-state index in [-0.39, 0.29) is 12.5 Å². The predicted octanol–water partition coefficient (Wildman–Crippen LogP) is 3.69. The first-order valence-electron chi connectivity index (χ1n) is 8.05. The summed E-state index contributed by atoms with van der Waals surface area (Å²) in [5, 5.41) is 3.93. The van der Waals surface area contributed by atoms with Crippen molar-refractivity contribution >= 4 is 28.1 Å². The molecule has 0 aliphatic carbocycles. The van der Waals surface area contributed by atoms with Gasteiger partial charge in [0.15, 0.2) is 18.1 Å². The van der Waals surface area contributed by atoms with Crippen molar-refractivity contribution in [2.45, 2.75) is 13.8 Å². The van der Waals surface area contributed by atoms with Crippen LogP contribution < -0.4 is 19.6 Å². The summed E-state index contributed by atoms with van der Waals surface area (Å²) in [6.07, 6.45) is 1.53. The van der Waals surface area contributed by atoms with Crippen LogP contribution in [0.15, 0.2) is 46.0 Å². The first-order chi connectivity index (χ1) is 12.5. The molecule has 0 aliphatic heterocycles. The molecule has 0 saturated heterocycles. The van der Waals surface area contributed by atoms with Crippen LogP contribution in [-0.4, -0.2) is 32.4 Å². The van der Waals surface area contributed by atoms with E-state index in [4.69, 9.17) is 14.2 Å². The average molecular weight is 421 g/mol. The van der Waals surface area contributed by atoms with E-state index < -0.39 is 0 Å². The molecule has 7 heteroatoms. The van der Waals surface area contributed by atoms with Gasteiger partial charge in [-0.2, -0.15) is 5.10 Å². The Morgan fingerprint density at radius 1 is 1.19 bits per heavy atom. The molecule has 0 heterocycles. The molecule has 0 unspecified atom stereocenters. The molecule has 2 aromatic rings. The van der Waals surface area contributed by atoms with Crippen molar-refractivity contribution in [1.29, 1.82) is 0 Å². The second kappa shape index (κ2) is 9.82. The summed E-state index contributed by atoms with van der Waals surface area (Å²) in [7, 11) is 1.57. The Morgan fingerprint density at radius 3 is 2.69 bits per heavy atom. The molecule has 2 rings (SSSR count). The Bertz CT molecular complexity index is 793. The maximum absolute atomic E-state index is 11.8. The molecule has 26 heavy (non-hydrogen) atoms. The number of nitrogens with zero attached hydrogens (tertiary/aromatic N) is 1. The Kier molecular flexibility index (Phi) is 7.47. The zero-order valence-corrected chi connectivity index (χ0v) is 16.5. The van der Waals surface area contributed by atoms with Crippen molar-refractivity contribution in [2.24, 2.45) is 5.10 Å². The first kappa shape index (κ1) is 19.8. The number of rotatable bonds is 8. The summed E-state index contributed by atoms with van der Waals surface area (Å²) >= 11 is 3.42. The van der Waals surface area contributed by atoms with Gasteiger partial charge in [-0.25, -0.2) is 5.43 Å². The van der Waals surface area contributed by atoms with Crippen LogP contribution in [-0.2, 0) is 4.79 Å². The van der Waals surface area contributed by atoms with Gasteiger partial charge in [-0.05, 0) is 61.4 Å². The van der Waals surface area contributed by atoms with Crippen molar-refractivity contribution in [3.05, 3.63) is 52.0 Å². The quantitative estimate of drug-likeness (QED) is 0.522. The van der Waals surface area contributed by atoms with Crippen molar-refractivity contribution < 1.29 is 19.0 Å². The fourth-order valence-electron chi connectivity index (χ4n) is 2.11. The fraction of sp³-hybridized carbons (Fsp3) is 0.263. The van der Waals surface area contributed by atoms with E-state index in [0.717, 1.165) is 15.6 Å². The molecule has 1 amide bonds. The minimum absolute atomic E-state index is 0.120. The Balaban J connectivity index is 1.87. The van der Waals surface area contributed by atoms with Gasteiger partial charge in [0.05, 0.1) is 19.9 Å². The van der Waals surface area contributed by atoms with E-state index in [2.05, 4.69) is 26.5 Å². The molecule has 0 bridgehead atoms. The summed E-state index contributed by atoms with van der Waals surface area (Å²) < 4.78 is 17.2. The summed E-state index contributed by atoms with van der Waals surface area (Å²) in [6.45, 7) is 4.29. The molecule has 6 nitrogen and oxygen atoms in total. The number of nitrogens with one attached hydrogen (secondary N) is 1. The van der Waals surface area contributed by atoms with Crippen LogP contribution in [0.1, 0.15) is 18.1 Å². The van der Waals surface area contributed by atoms with Crippen molar-refractivity contribution in [1.82, 2.24) is 5.43 Å². The van der Waals surface area contributed by atoms with Crippen LogP contribution in [0.2, 0.25) is 0 Å². The van der Waals surface area contributed by atoms with Gasteiger partial charge in [-0.3, -0.25) is 4.79 Å². The van der Waals surface area contributed by atoms with Gasteiger partial charge in [0.25, 0.3) is 5.91 Å². The van der Waals surface area contributed by atoms with E-state index in [1.807, 2.05) is 32.0 Å².